The van der Waals surface area contributed by atoms with Crippen LogP contribution in [-0.4, -0.2) is 11.0 Å². The number of hydrogen-bond acceptors (Lipinski definition) is 2. The van der Waals surface area contributed by atoms with Crippen LogP contribution >= 0.6 is 0 Å². The van der Waals surface area contributed by atoms with Crippen LogP contribution < -0.4 is 5.32 Å². The molecule has 3 nitrogen and oxygen atoms in total. The minimum Gasteiger partial charge on any atom is -0.392 e. The molecule has 1 amide bonds. The summed E-state index contributed by atoms with van der Waals surface area (Å²) in [5.41, 5.74) is 2.23. The van der Waals surface area contributed by atoms with Gasteiger partial charge in [-0.05, 0) is 46.4 Å². The Morgan fingerprint density at radius 3 is 2.69 bits per heavy atom. The molecular weight excluding hydrogens is 329 g/mol. The summed E-state index contributed by atoms with van der Waals surface area (Å²) in [5, 5.41) is 14.4. The number of rotatable bonds is 5. The predicted octanol–water partition coefficient (Wildman–Crippen LogP) is 3.89. The second kappa shape index (κ2) is 6.89. The number of nitrogens with one attached hydrogen (secondary N) is 1. The topological polar surface area (TPSA) is 49.3 Å². The first kappa shape index (κ1) is 16.7. The van der Waals surface area contributed by atoms with E-state index in [0.717, 1.165) is 12.0 Å². The normalized spacial score (nSPS) is 18.7. The summed E-state index contributed by atoms with van der Waals surface area (Å²) in [6, 6.07) is 19.1. The van der Waals surface area contributed by atoms with Crippen molar-refractivity contribution in [2.45, 2.75) is 25.5 Å². The van der Waals surface area contributed by atoms with Crippen molar-refractivity contribution >= 4 is 16.7 Å². The molecule has 0 heterocycles. The molecule has 3 aromatic rings. The highest BCUT2D eigenvalue weighted by atomic mass is 19.1. The molecule has 0 spiro atoms. The molecule has 0 radical (unpaired) electrons. The van der Waals surface area contributed by atoms with Gasteiger partial charge in [-0.1, -0.05) is 48.5 Å². The molecule has 0 saturated heterocycles. The van der Waals surface area contributed by atoms with E-state index < -0.39 is 5.82 Å². The molecule has 1 saturated carbocycles. The zero-order chi connectivity index (χ0) is 18.1. The molecule has 0 aliphatic heterocycles. The van der Waals surface area contributed by atoms with Crippen LogP contribution in [0.4, 0.5) is 4.39 Å². The molecule has 1 aliphatic rings. The fraction of sp³-hybridized carbons (Fsp3) is 0.227. The quantitative estimate of drug-likeness (QED) is 0.734. The lowest BCUT2D eigenvalue weighted by atomic mass is 10.0. The molecule has 2 unspecified atom stereocenters. The number of carbonyl (C=O) groups is 1. The number of aliphatic hydroxyl groups excluding tert-OH is 1. The maximum atomic E-state index is 13.4. The number of benzene rings is 3. The van der Waals surface area contributed by atoms with Crippen LogP contribution in [-0.2, 0) is 17.9 Å². The van der Waals surface area contributed by atoms with Gasteiger partial charge in [0.25, 0.3) is 0 Å². The first-order valence-electron chi connectivity index (χ1n) is 8.80. The van der Waals surface area contributed by atoms with Crippen LogP contribution in [0.25, 0.3) is 10.8 Å². The second-order valence-corrected chi connectivity index (χ2v) is 6.86. The Labute approximate surface area is 151 Å². The molecule has 0 aromatic heterocycles. The molecule has 2 atom stereocenters. The summed E-state index contributed by atoms with van der Waals surface area (Å²) in [7, 11) is 0. The van der Waals surface area contributed by atoms with Gasteiger partial charge >= 0.3 is 0 Å². The van der Waals surface area contributed by atoms with Crippen LogP contribution in [0, 0.1) is 11.7 Å². The van der Waals surface area contributed by atoms with Gasteiger partial charge in [0.2, 0.25) is 5.91 Å². The third kappa shape index (κ3) is 3.33. The Kier molecular flexibility index (Phi) is 4.43. The van der Waals surface area contributed by atoms with Gasteiger partial charge in [-0.25, -0.2) is 4.39 Å². The van der Waals surface area contributed by atoms with Gasteiger partial charge in [0, 0.05) is 18.0 Å². The minimum absolute atomic E-state index is 0.00563. The first-order chi connectivity index (χ1) is 12.7. The smallest absolute Gasteiger partial charge is 0.224 e. The summed E-state index contributed by atoms with van der Waals surface area (Å²) in [5.74, 6) is -0.145. The lowest BCUT2D eigenvalue weighted by Crippen LogP contribution is -2.25. The average molecular weight is 349 g/mol. The molecule has 1 aliphatic carbocycles. The summed E-state index contributed by atoms with van der Waals surface area (Å²) in [6.07, 6.45) is 0.857. The van der Waals surface area contributed by atoms with Gasteiger partial charge in [0.15, 0.2) is 0 Å². The SMILES string of the molecule is O=C(NCc1ccc(F)c(CO)c1)C1CC1c1ccc2ccccc2c1. The highest BCUT2D eigenvalue weighted by molar-refractivity contribution is 5.85. The van der Waals surface area contributed by atoms with E-state index in [1.165, 1.54) is 22.4 Å². The molecule has 0 bridgehead atoms. The van der Waals surface area contributed by atoms with Crippen molar-refractivity contribution in [1.29, 1.82) is 0 Å². The summed E-state index contributed by atoms with van der Waals surface area (Å²) in [6.45, 7) is -0.00661. The van der Waals surface area contributed by atoms with Crippen molar-refractivity contribution in [3.8, 4) is 0 Å². The van der Waals surface area contributed by atoms with E-state index in [2.05, 4.69) is 35.6 Å². The van der Waals surface area contributed by atoms with Crippen LogP contribution in [0.1, 0.15) is 29.0 Å². The number of carbonyl (C=O) groups excluding carboxylic acids is 1. The fourth-order valence-electron chi connectivity index (χ4n) is 3.47. The molecular formula is C22H20FNO2. The average Bonchev–Trinajstić information content (AvgIpc) is 3.47. The van der Waals surface area contributed by atoms with Crippen molar-refractivity contribution in [1.82, 2.24) is 5.32 Å². The van der Waals surface area contributed by atoms with Gasteiger partial charge in [-0.15, -0.1) is 0 Å². The van der Waals surface area contributed by atoms with Gasteiger partial charge in [-0.3, -0.25) is 4.79 Å². The van der Waals surface area contributed by atoms with Crippen LogP contribution in [0.3, 0.4) is 0 Å². The molecule has 4 rings (SSSR count). The highest BCUT2D eigenvalue weighted by Crippen LogP contribution is 2.48. The minimum atomic E-state index is -0.430. The molecule has 4 heteroatoms. The first-order valence-corrected chi connectivity index (χ1v) is 8.80. The number of fused-ring (bicyclic) bond motifs is 1. The lowest BCUT2D eigenvalue weighted by Gasteiger charge is -2.08. The van der Waals surface area contributed by atoms with Gasteiger partial charge < -0.3 is 10.4 Å². The Hall–Kier alpha value is -2.72. The standard InChI is InChI=1S/C22H20FNO2/c23-21-8-5-14(9-18(21)13-25)12-24-22(26)20-11-19(20)17-7-6-15-3-1-2-4-16(15)10-17/h1-10,19-20,25H,11-13H2,(H,24,26). The third-order valence-corrected chi connectivity index (χ3v) is 5.08. The maximum absolute atomic E-state index is 13.4. The van der Waals surface area contributed by atoms with Crippen LogP contribution in [0.2, 0.25) is 0 Å². The van der Waals surface area contributed by atoms with Crippen LogP contribution in [0.5, 0.6) is 0 Å². The molecule has 3 aromatic carbocycles. The zero-order valence-corrected chi connectivity index (χ0v) is 14.3. The van der Waals surface area contributed by atoms with Gasteiger partial charge in [0.05, 0.1) is 6.61 Å². The maximum Gasteiger partial charge on any atom is 0.224 e. The number of amides is 1. The van der Waals surface area contributed by atoms with Crippen molar-refractivity contribution < 1.29 is 14.3 Å². The Morgan fingerprint density at radius 2 is 1.88 bits per heavy atom. The third-order valence-electron chi connectivity index (χ3n) is 5.08. The van der Waals surface area contributed by atoms with E-state index >= 15 is 0 Å². The van der Waals surface area contributed by atoms with E-state index in [4.69, 9.17) is 5.11 Å². The number of halogens is 1. The van der Waals surface area contributed by atoms with Gasteiger partial charge in [-0.2, -0.15) is 0 Å². The van der Waals surface area contributed by atoms with Crippen molar-refractivity contribution in [3.63, 3.8) is 0 Å². The lowest BCUT2D eigenvalue weighted by molar-refractivity contribution is -0.122. The van der Waals surface area contributed by atoms with E-state index in [9.17, 15) is 9.18 Å². The molecule has 132 valence electrons. The molecule has 1 fully saturated rings. The van der Waals surface area contributed by atoms with E-state index in [1.807, 2.05) is 12.1 Å². The molecule has 2 N–H and O–H groups in total. The Balaban J connectivity index is 1.39. The van der Waals surface area contributed by atoms with E-state index in [0.29, 0.717) is 6.54 Å². The number of aliphatic hydroxyl groups is 1. The van der Waals surface area contributed by atoms with E-state index in [1.54, 1.807) is 12.1 Å². The highest BCUT2D eigenvalue weighted by Gasteiger charge is 2.43. The van der Waals surface area contributed by atoms with Crippen LogP contribution in [0.15, 0.2) is 60.7 Å². The second-order valence-electron chi connectivity index (χ2n) is 6.86. The summed E-state index contributed by atoms with van der Waals surface area (Å²) >= 11 is 0. The van der Waals surface area contributed by atoms with Crippen molar-refractivity contribution in [2.75, 3.05) is 0 Å². The largest absolute Gasteiger partial charge is 0.392 e. The predicted molar refractivity (Wildman–Crippen MR) is 99.0 cm³/mol. The van der Waals surface area contributed by atoms with Gasteiger partial charge in [0.1, 0.15) is 5.82 Å². The fourth-order valence-corrected chi connectivity index (χ4v) is 3.47. The van der Waals surface area contributed by atoms with E-state index in [-0.39, 0.29) is 29.9 Å². The number of hydrogen-bond donors (Lipinski definition) is 2. The Bertz CT molecular complexity index is 969. The zero-order valence-electron chi connectivity index (χ0n) is 14.3. The summed E-state index contributed by atoms with van der Waals surface area (Å²) < 4.78 is 13.4. The monoisotopic (exact) mass is 349 g/mol. The van der Waals surface area contributed by atoms with Crippen molar-refractivity contribution in [3.05, 3.63) is 83.2 Å². The summed E-state index contributed by atoms with van der Waals surface area (Å²) in [4.78, 5) is 12.4. The molecule has 26 heavy (non-hydrogen) atoms. The Morgan fingerprint density at radius 1 is 1.08 bits per heavy atom. The van der Waals surface area contributed by atoms with Crippen molar-refractivity contribution in [2.24, 2.45) is 5.92 Å².